The molecule has 1 aliphatic rings. The topological polar surface area (TPSA) is 152 Å². The number of nitrogens with zero attached hydrogens (tertiary/aromatic N) is 4. The number of amides is 2. The van der Waals surface area contributed by atoms with Crippen LogP contribution in [0, 0.1) is 17.9 Å². The lowest BCUT2D eigenvalue weighted by atomic mass is 10.1. The minimum atomic E-state index is -1.02. The first kappa shape index (κ1) is 27.9. The molecular weight excluding hydrogens is 490 g/mol. The molecule has 2 atom stereocenters. The van der Waals surface area contributed by atoms with Crippen molar-refractivity contribution in [3.8, 4) is 6.07 Å². The van der Waals surface area contributed by atoms with Gasteiger partial charge in [0.25, 0.3) is 0 Å². The van der Waals surface area contributed by atoms with Crippen molar-refractivity contribution in [2.45, 2.75) is 49.1 Å². The van der Waals surface area contributed by atoms with Gasteiger partial charge in [-0.15, -0.1) is 0 Å². The van der Waals surface area contributed by atoms with E-state index in [9.17, 15) is 14.9 Å². The van der Waals surface area contributed by atoms with Gasteiger partial charge in [0.15, 0.2) is 0 Å². The first-order valence-corrected chi connectivity index (χ1v) is 12.8. The van der Waals surface area contributed by atoms with E-state index >= 15 is 0 Å². The van der Waals surface area contributed by atoms with Crippen molar-refractivity contribution in [3.63, 3.8) is 0 Å². The van der Waals surface area contributed by atoms with Gasteiger partial charge in [-0.2, -0.15) is 5.26 Å². The van der Waals surface area contributed by atoms with Gasteiger partial charge >= 0.3 is 0 Å². The van der Waals surface area contributed by atoms with Crippen LogP contribution in [0.3, 0.4) is 0 Å². The standard InChI is InChI=1S/C26H31N7O3S/c1-5-18-19(13-27)24(37-21(22(28)34)16-9-7-6-8-10-16)32-23(20(18)30-4)33-11-12-36-17(15-33)14-31-25(35)26(2,3)29/h6-10,17,21H,5,11-12,14-15,29H2,1-3H3,(H2,28,34)(H,31,35)/t17-,21?/m0/s1. The number of benzene rings is 1. The lowest BCUT2D eigenvalue weighted by Crippen LogP contribution is -2.53. The predicted molar refractivity (Wildman–Crippen MR) is 142 cm³/mol. The third-order valence-electron chi connectivity index (χ3n) is 5.90. The molecule has 1 unspecified atom stereocenters. The molecule has 1 fully saturated rings. The number of anilines is 1. The van der Waals surface area contributed by atoms with E-state index in [-0.39, 0.29) is 24.1 Å². The monoisotopic (exact) mass is 521 g/mol. The van der Waals surface area contributed by atoms with Crippen LogP contribution in [0.1, 0.15) is 42.7 Å². The van der Waals surface area contributed by atoms with Gasteiger partial charge in [-0.05, 0) is 31.4 Å². The molecule has 1 aromatic heterocycles. The predicted octanol–water partition coefficient (Wildman–Crippen LogP) is 2.44. The maximum Gasteiger partial charge on any atom is 0.239 e. The highest BCUT2D eigenvalue weighted by molar-refractivity contribution is 8.00. The van der Waals surface area contributed by atoms with Crippen LogP contribution in [0.15, 0.2) is 35.4 Å². The van der Waals surface area contributed by atoms with Gasteiger partial charge in [0.2, 0.25) is 17.5 Å². The Balaban J connectivity index is 1.98. The number of morpholine rings is 1. The second-order valence-electron chi connectivity index (χ2n) is 9.20. The summed E-state index contributed by atoms with van der Waals surface area (Å²) in [7, 11) is 0. The minimum Gasteiger partial charge on any atom is -0.373 e. The maximum absolute atomic E-state index is 12.4. The Morgan fingerprint density at radius 2 is 2.11 bits per heavy atom. The maximum atomic E-state index is 12.4. The number of ether oxygens (including phenoxy) is 1. The van der Waals surface area contributed by atoms with Gasteiger partial charge in [0, 0.05) is 19.6 Å². The Bertz CT molecular complexity index is 1230. The second-order valence-corrected chi connectivity index (χ2v) is 10.3. The van der Waals surface area contributed by atoms with Gasteiger partial charge in [-0.1, -0.05) is 49.0 Å². The molecule has 37 heavy (non-hydrogen) atoms. The Hall–Kier alpha value is -3.64. The van der Waals surface area contributed by atoms with Gasteiger partial charge in [0.05, 0.1) is 30.4 Å². The third-order valence-corrected chi connectivity index (χ3v) is 7.16. The Morgan fingerprint density at radius 1 is 1.41 bits per heavy atom. The smallest absolute Gasteiger partial charge is 0.239 e. The molecule has 0 saturated carbocycles. The zero-order valence-corrected chi connectivity index (χ0v) is 22.0. The molecule has 2 amide bonds. The summed E-state index contributed by atoms with van der Waals surface area (Å²) in [6.07, 6.45) is 0.0889. The van der Waals surface area contributed by atoms with Crippen molar-refractivity contribution in [3.05, 3.63) is 58.4 Å². The average molecular weight is 522 g/mol. The summed E-state index contributed by atoms with van der Waals surface area (Å²) < 4.78 is 5.83. The zero-order valence-electron chi connectivity index (χ0n) is 21.2. The Morgan fingerprint density at radius 3 is 2.68 bits per heavy atom. The molecule has 0 aliphatic carbocycles. The van der Waals surface area contributed by atoms with Crippen molar-refractivity contribution >= 4 is 35.1 Å². The summed E-state index contributed by atoms with van der Waals surface area (Å²) in [5.74, 6) is -0.430. The third kappa shape index (κ3) is 6.57. The average Bonchev–Trinajstić information content (AvgIpc) is 2.89. The minimum absolute atomic E-state index is 0.250. The fourth-order valence-electron chi connectivity index (χ4n) is 3.97. The quantitative estimate of drug-likeness (QED) is 0.336. The van der Waals surface area contributed by atoms with E-state index in [2.05, 4.69) is 16.2 Å². The fraction of sp³-hybridized carbons (Fsp3) is 0.423. The molecular formula is C26H31N7O3S. The molecule has 2 aromatic rings. The van der Waals surface area contributed by atoms with Crippen molar-refractivity contribution < 1.29 is 14.3 Å². The number of nitrogens with one attached hydrogen (secondary N) is 1. The van der Waals surface area contributed by atoms with Gasteiger partial charge in [0.1, 0.15) is 22.2 Å². The van der Waals surface area contributed by atoms with E-state index < -0.39 is 16.7 Å². The number of nitrogens with two attached hydrogens (primary N) is 2. The molecule has 1 aromatic carbocycles. The van der Waals surface area contributed by atoms with Crippen LogP contribution in [-0.2, 0) is 20.7 Å². The normalized spacial score (nSPS) is 16.4. The summed E-state index contributed by atoms with van der Waals surface area (Å²) in [5, 5.41) is 12.4. The SMILES string of the molecule is [C-]#[N+]c1c(N2CCO[C@@H](CNC(=O)C(C)(C)N)C2)nc(SC(C(N)=O)c2ccccc2)c(C#N)c1CC. The van der Waals surface area contributed by atoms with E-state index in [1.54, 1.807) is 26.0 Å². The van der Waals surface area contributed by atoms with Crippen LogP contribution >= 0.6 is 11.8 Å². The first-order chi connectivity index (χ1) is 17.6. The number of aromatic nitrogens is 1. The van der Waals surface area contributed by atoms with Crippen LogP contribution in [0.2, 0.25) is 0 Å². The molecule has 1 aliphatic heterocycles. The number of pyridine rings is 1. The van der Waals surface area contributed by atoms with Crippen molar-refractivity contribution in [1.82, 2.24) is 10.3 Å². The number of carbonyl (C=O) groups is 2. The molecule has 10 nitrogen and oxygen atoms in total. The van der Waals surface area contributed by atoms with Crippen LogP contribution in [0.4, 0.5) is 11.5 Å². The van der Waals surface area contributed by atoms with Crippen LogP contribution in [-0.4, -0.2) is 54.7 Å². The Kier molecular flexibility index (Phi) is 9.11. The molecule has 11 heteroatoms. The molecule has 0 spiro atoms. The van der Waals surface area contributed by atoms with Crippen LogP contribution < -0.4 is 21.7 Å². The number of thioether (sulfide) groups is 1. The molecule has 2 heterocycles. The lowest BCUT2D eigenvalue weighted by molar-refractivity contribution is -0.126. The van der Waals surface area contributed by atoms with Crippen molar-refractivity contribution in [2.24, 2.45) is 11.5 Å². The number of carbonyl (C=O) groups excluding carboxylic acids is 2. The van der Waals surface area contributed by atoms with Crippen LogP contribution in [0.25, 0.3) is 4.85 Å². The molecule has 1 saturated heterocycles. The molecule has 0 radical (unpaired) electrons. The first-order valence-electron chi connectivity index (χ1n) is 11.9. The highest BCUT2D eigenvalue weighted by atomic mass is 32.2. The number of primary amides is 1. The highest BCUT2D eigenvalue weighted by Gasteiger charge is 2.30. The van der Waals surface area contributed by atoms with Gasteiger partial charge in [-0.25, -0.2) is 9.83 Å². The van der Waals surface area contributed by atoms with E-state index in [1.165, 1.54) is 0 Å². The molecule has 5 N–H and O–H groups in total. The zero-order chi connectivity index (χ0) is 27.2. The van der Waals surface area contributed by atoms with Gasteiger partial charge < -0.3 is 26.4 Å². The summed E-state index contributed by atoms with van der Waals surface area (Å²) in [6.45, 7) is 14.4. The molecule has 194 valence electrons. The van der Waals surface area contributed by atoms with Crippen LogP contribution in [0.5, 0.6) is 0 Å². The summed E-state index contributed by atoms with van der Waals surface area (Å²) in [4.78, 5) is 35.0. The number of hydrogen-bond acceptors (Lipinski definition) is 8. The molecule has 3 rings (SSSR count). The molecule has 0 bridgehead atoms. The van der Waals surface area contributed by atoms with E-state index in [0.717, 1.165) is 11.8 Å². The summed E-state index contributed by atoms with van der Waals surface area (Å²) >= 11 is 1.11. The Labute approximate surface area is 221 Å². The lowest BCUT2D eigenvalue weighted by Gasteiger charge is -2.35. The van der Waals surface area contributed by atoms with E-state index in [1.807, 2.05) is 30.0 Å². The van der Waals surface area contributed by atoms with E-state index in [4.69, 9.17) is 27.8 Å². The summed E-state index contributed by atoms with van der Waals surface area (Å²) in [6, 6.07) is 11.3. The van der Waals surface area contributed by atoms with Crippen molar-refractivity contribution in [1.29, 1.82) is 5.26 Å². The second kappa shape index (κ2) is 12.1. The fourth-order valence-corrected chi connectivity index (χ4v) is 5.03. The number of nitriles is 1. The summed E-state index contributed by atoms with van der Waals surface area (Å²) in [5.41, 5.74) is 12.4. The van der Waals surface area contributed by atoms with Gasteiger partial charge in [-0.3, -0.25) is 9.59 Å². The highest BCUT2D eigenvalue weighted by Crippen LogP contribution is 2.42. The number of rotatable bonds is 9. The largest absolute Gasteiger partial charge is 0.373 e. The van der Waals surface area contributed by atoms with Crippen molar-refractivity contribution in [2.75, 3.05) is 31.1 Å². The number of hydrogen-bond donors (Lipinski definition) is 3. The van der Waals surface area contributed by atoms with E-state index in [0.29, 0.717) is 53.8 Å².